The third-order valence-corrected chi connectivity index (χ3v) is 3.55. The fourth-order valence-electron chi connectivity index (χ4n) is 1.55. The van der Waals surface area contributed by atoms with Crippen LogP contribution in [0.5, 0.6) is 0 Å². The van der Waals surface area contributed by atoms with Gasteiger partial charge in [0.2, 0.25) is 0 Å². The molecule has 0 fully saturated rings. The van der Waals surface area contributed by atoms with E-state index in [1.165, 1.54) is 0 Å². The molecule has 3 N–H and O–H groups in total. The quantitative estimate of drug-likeness (QED) is 0.816. The molecule has 1 aromatic carbocycles. The van der Waals surface area contributed by atoms with Gasteiger partial charge >= 0.3 is 0 Å². The third kappa shape index (κ3) is 4.58. The number of benzene rings is 1. The van der Waals surface area contributed by atoms with E-state index in [2.05, 4.69) is 5.32 Å². The molecule has 3 nitrogen and oxygen atoms in total. The lowest BCUT2D eigenvalue weighted by atomic mass is 9.94. The van der Waals surface area contributed by atoms with Gasteiger partial charge in [0.25, 0.3) is 5.91 Å². The summed E-state index contributed by atoms with van der Waals surface area (Å²) in [7, 11) is 0. The van der Waals surface area contributed by atoms with Crippen LogP contribution in [0, 0.1) is 11.6 Å². The molecule has 0 saturated carbocycles. The predicted molar refractivity (Wildman–Crippen MR) is 78.4 cm³/mol. The Labute approximate surface area is 128 Å². The first-order valence-electron chi connectivity index (χ1n) is 6.04. The maximum Gasteiger partial charge on any atom is 0.254 e. The molecule has 0 aliphatic rings. The molecule has 20 heavy (non-hydrogen) atoms. The summed E-state index contributed by atoms with van der Waals surface area (Å²) in [6.07, 6.45) is 1.34. The van der Waals surface area contributed by atoms with Gasteiger partial charge < -0.3 is 11.1 Å². The van der Waals surface area contributed by atoms with Crippen LogP contribution in [0.15, 0.2) is 12.1 Å². The highest BCUT2D eigenvalue weighted by Crippen LogP contribution is 2.19. The lowest BCUT2D eigenvalue weighted by Gasteiger charge is -2.26. The van der Waals surface area contributed by atoms with Gasteiger partial charge in [-0.3, -0.25) is 4.79 Å². The van der Waals surface area contributed by atoms with E-state index in [0.29, 0.717) is 12.8 Å². The Kier molecular flexibility index (Phi) is 7.41. The molecule has 0 aromatic heterocycles. The highest BCUT2D eigenvalue weighted by atomic mass is 35.5. The normalized spacial score (nSPS) is 10.9. The number of hydrogen-bond donors (Lipinski definition) is 2. The smallest absolute Gasteiger partial charge is 0.254 e. The van der Waals surface area contributed by atoms with Crippen molar-refractivity contribution in [3.05, 3.63) is 34.4 Å². The van der Waals surface area contributed by atoms with Crippen LogP contribution >= 0.6 is 24.0 Å². The molecular weight excluding hydrogens is 309 g/mol. The molecule has 0 spiro atoms. The largest absolute Gasteiger partial charge is 0.350 e. The number of halogens is 4. The van der Waals surface area contributed by atoms with Gasteiger partial charge in [0.05, 0.1) is 10.6 Å². The van der Waals surface area contributed by atoms with Crippen molar-refractivity contribution in [2.75, 3.05) is 6.54 Å². The van der Waals surface area contributed by atoms with E-state index in [1.54, 1.807) is 0 Å². The molecule has 0 aliphatic carbocycles. The first-order chi connectivity index (χ1) is 8.83. The Bertz CT molecular complexity index is 480. The lowest BCUT2D eigenvalue weighted by molar-refractivity contribution is 0.0937. The second-order valence-electron chi connectivity index (χ2n) is 4.50. The first kappa shape index (κ1) is 19.1. The lowest BCUT2D eigenvalue weighted by Crippen LogP contribution is -2.49. The molecule has 0 saturated heterocycles. The minimum atomic E-state index is -0.862. The van der Waals surface area contributed by atoms with Gasteiger partial charge in [0, 0.05) is 12.1 Å². The molecule has 0 heterocycles. The molecule has 1 amide bonds. The summed E-state index contributed by atoms with van der Waals surface area (Å²) in [5.41, 5.74) is 5.09. The fraction of sp³-hybridized carbons (Fsp3) is 0.462. The Balaban J connectivity index is 0.00000361. The van der Waals surface area contributed by atoms with Crippen molar-refractivity contribution in [1.29, 1.82) is 0 Å². The average molecular weight is 327 g/mol. The highest BCUT2D eigenvalue weighted by Gasteiger charge is 2.22. The molecule has 0 bridgehead atoms. The van der Waals surface area contributed by atoms with E-state index in [4.69, 9.17) is 17.3 Å². The van der Waals surface area contributed by atoms with Gasteiger partial charge in [0.1, 0.15) is 11.6 Å². The Morgan fingerprint density at radius 3 is 2.35 bits per heavy atom. The summed E-state index contributed by atoms with van der Waals surface area (Å²) in [6, 6.07) is 1.56. The zero-order valence-electron chi connectivity index (χ0n) is 11.3. The van der Waals surface area contributed by atoms with Crippen molar-refractivity contribution in [2.45, 2.75) is 32.2 Å². The molecule has 7 heteroatoms. The van der Waals surface area contributed by atoms with Crippen LogP contribution in [0.1, 0.15) is 37.0 Å². The molecule has 0 atom stereocenters. The van der Waals surface area contributed by atoms with E-state index in [1.807, 2.05) is 13.8 Å². The second kappa shape index (κ2) is 7.76. The van der Waals surface area contributed by atoms with Gasteiger partial charge in [-0.2, -0.15) is 0 Å². The van der Waals surface area contributed by atoms with E-state index < -0.39 is 23.1 Å². The van der Waals surface area contributed by atoms with E-state index in [0.717, 1.165) is 12.1 Å². The van der Waals surface area contributed by atoms with E-state index in [-0.39, 0.29) is 29.5 Å². The number of rotatable bonds is 5. The summed E-state index contributed by atoms with van der Waals surface area (Å²) in [5.74, 6) is -2.40. The van der Waals surface area contributed by atoms with Crippen molar-refractivity contribution < 1.29 is 13.6 Å². The summed E-state index contributed by atoms with van der Waals surface area (Å²) in [5, 5.41) is 2.16. The maximum atomic E-state index is 13.5. The number of nitrogens with two attached hydrogens (primary N) is 1. The molecule has 0 aliphatic heterocycles. The number of carbonyl (C=O) groups is 1. The third-order valence-electron chi connectivity index (χ3n) is 3.26. The van der Waals surface area contributed by atoms with E-state index in [9.17, 15) is 13.6 Å². The fourth-order valence-corrected chi connectivity index (χ4v) is 1.70. The van der Waals surface area contributed by atoms with Gasteiger partial charge in [-0.15, -0.1) is 12.4 Å². The van der Waals surface area contributed by atoms with E-state index >= 15 is 0 Å². The van der Waals surface area contributed by atoms with Crippen LogP contribution in [0.25, 0.3) is 0 Å². The molecule has 0 radical (unpaired) electrons. The maximum absolute atomic E-state index is 13.5. The summed E-state index contributed by atoms with van der Waals surface area (Å²) in [4.78, 5) is 11.8. The molecule has 1 aromatic rings. The molecular formula is C13H18Cl2F2N2O. The summed E-state index contributed by atoms with van der Waals surface area (Å²) < 4.78 is 26.7. The predicted octanol–water partition coefficient (Wildman–Crippen LogP) is 3.29. The zero-order chi connectivity index (χ0) is 14.6. The highest BCUT2D eigenvalue weighted by molar-refractivity contribution is 6.30. The topological polar surface area (TPSA) is 55.1 Å². The Morgan fingerprint density at radius 1 is 1.30 bits per heavy atom. The van der Waals surface area contributed by atoms with Crippen molar-refractivity contribution in [3.8, 4) is 0 Å². The molecule has 0 unspecified atom stereocenters. The van der Waals surface area contributed by atoms with Crippen LogP contribution in [0.2, 0.25) is 5.02 Å². The molecule has 114 valence electrons. The van der Waals surface area contributed by atoms with Gasteiger partial charge in [0.15, 0.2) is 0 Å². The van der Waals surface area contributed by atoms with Crippen LogP contribution in [-0.2, 0) is 0 Å². The SMILES string of the molecule is CCC(N)(CC)CNC(=O)c1cc(F)c(Cl)cc1F.Cl. The number of nitrogens with one attached hydrogen (secondary N) is 1. The minimum absolute atomic E-state index is 0. The Hall–Kier alpha value is -0.910. The van der Waals surface area contributed by atoms with Gasteiger partial charge in [-0.1, -0.05) is 25.4 Å². The van der Waals surface area contributed by atoms with Gasteiger partial charge in [-0.25, -0.2) is 8.78 Å². The zero-order valence-corrected chi connectivity index (χ0v) is 12.9. The minimum Gasteiger partial charge on any atom is -0.350 e. The average Bonchev–Trinajstić information content (AvgIpc) is 2.39. The van der Waals surface area contributed by atoms with Crippen molar-refractivity contribution in [1.82, 2.24) is 5.32 Å². The molecule has 1 rings (SSSR count). The summed E-state index contributed by atoms with van der Waals surface area (Å²) >= 11 is 5.42. The van der Waals surface area contributed by atoms with Crippen LogP contribution in [0.3, 0.4) is 0 Å². The van der Waals surface area contributed by atoms with Crippen molar-refractivity contribution >= 4 is 29.9 Å². The van der Waals surface area contributed by atoms with Crippen molar-refractivity contribution in [3.63, 3.8) is 0 Å². The van der Waals surface area contributed by atoms with Crippen LogP contribution < -0.4 is 11.1 Å². The van der Waals surface area contributed by atoms with Crippen molar-refractivity contribution in [2.24, 2.45) is 5.73 Å². The van der Waals surface area contributed by atoms with Crippen LogP contribution in [0.4, 0.5) is 8.78 Å². The standard InChI is InChI=1S/C13H17ClF2N2O.ClH/c1-3-13(17,4-2)7-18-12(19)8-5-11(16)9(14)6-10(8)15;/h5-6H,3-4,7,17H2,1-2H3,(H,18,19);1H. The van der Waals surface area contributed by atoms with Crippen LogP contribution in [-0.4, -0.2) is 18.0 Å². The van der Waals surface area contributed by atoms with Gasteiger partial charge in [-0.05, 0) is 25.0 Å². The number of hydrogen-bond acceptors (Lipinski definition) is 2. The number of amides is 1. The Morgan fingerprint density at radius 2 is 1.85 bits per heavy atom. The monoisotopic (exact) mass is 326 g/mol. The number of carbonyl (C=O) groups excluding carboxylic acids is 1. The summed E-state index contributed by atoms with van der Waals surface area (Å²) in [6.45, 7) is 4.00. The second-order valence-corrected chi connectivity index (χ2v) is 4.91. The first-order valence-corrected chi connectivity index (χ1v) is 6.42.